The molecule has 2 bridgehead atoms. The number of nitrogens with zero attached hydrogens (tertiary/aromatic N) is 1. The fraction of sp³-hybridized carbons (Fsp3) is 0.345. The molecule has 3 aromatic carbocycles. The van der Waals surface area contributed by atoms with E-state index in [0.717, 1.165) is 43.9 Å². The molecule has 0 aromatic heterocycles. The van der Waals surface area contributed by atoms with Crippen molar-refractivity contribution in [2.75, 3.05) is 0 Å². The highest BCUT2D eigenvalue weighted by atomic mass is 35.5. The average Bonchev–Trinajstić information content (AvgIpc) is 3.37. The largest absolute Gasteiger partial charge is 0.416 e. The van der Waals surface area contributed by atoms with E-state index in [1.807, 2.05) is 48.5 Å². The van der Waals surface area contributed by atoms with Crippen molar-refractivity contribution in [2.45, 2.75) is 63.0 Å². The number of benzene rings is 3. The third kappa shape index (κ3) is 4.76. The van der Waals surface area contributed by atoms with Crippen LogP contribution >= 0.6 is 12.4 Å². The maximum atomic E-state index is 13.5. The summed E-state index contributed by atoms with van der Waals surface area (Å²) in [5.74, 6) is -0.466. The van der Waals surface area contributed by atoms with E-state index in [4.69, 9.17) is 0 Å². The van der Waals surface area contributed by atoms with Gasteiger partial charge in [-0.3, -0.25) is 9.69 Å². The van der Waals surface area contributed by atoms with Gasteiger partial charge >= 0.3 is 6.18 Å². The fourth-order valence-corrected chi connectivity index (χ4v) is 6.16. The molecule has 2 aliphatic heterocycles. The molecule has 190 valence electrons. The summed E-state index contributed by atoms with van der Waals surface area (Å²) in [4.78, 5) is 16.1. The molecule has 1 atom stereocenters. The Kier molecular flexibility index (Phi) is 7.48. The van der Waals surface area contributed by atoms with Crippen LogP contribution in [0.2, 0.25) is 0 Å². The van der Waals surface area contributed by atoms with Gasteiger partial charge in [0.2, 0.25) is 0 Å². The molecule has 2 saturated heterocycles. The van der Waals surface area contributed by atoms with E-state index in [1.54, 1.807) is 0 Å². The minimum atomic E-state index is -4.51. The van der Waals surface area contributed by atoms with E-state index >= 15 is 0 Å². The fourth-order valence-electron chi connectivity index (χ4n) is 6.16. The van der Waals surface area contributed by atoms with Gasteiger partial charge in [-0.15, -0.1) is 12.4 Å². The second kappa shape index (κ2) is 10.3. The summed E-state index contributed by atoms with van der Waals surface area (Å²) in [6, 6.07) is 24.1. The van der Waals surface area contributed by atoms with Gasteiger partial charge < -0.3 is 5.32 Å². The zero-order chi connectivity index (χ0) is 24.6. The van der Waals surface area contributed by atoms with Crippen molar-refractivity contribution in [3.8, 4) is 0 Å². The summed E-state index contributed by atoms with van der Waals surface area (Å²) in [6.45, 7) is 2.16. The molecule has 2 aliphatic rings. The molecule has 0 saturated carbocycles. The highest BCUT2D eigenvalue weighted by molar-refractivity contribution is 5.96. The standard InChI is InChI=1S/C29H29F3N2O.ClH/c1-20-24(13-8-14-25(20)29(30,31)32)27(35)33-26(22-11-6-3-7-12-22)28-17-15-23(16-18-28)34(28)19-21-9-4-2-5-10-21;/h2-14,23,26H,15-19H2,1H3,(H,33,35);1H. The number of halogens is 4. The molecule has 5 rings (SSSR count). The second-order valence-electron chi connectivity index (χ2n) is 9.74. The Bertz CT molecular complexity index is 1190. The summed E-state index contributed by atoms with van der Waals surface area (Å²) in [5, 5.41) is 3.20. The molecule has 36 heavy (non-hydrogen) atoms. The van der Waals surface area contributed by atoms with Gasteiger partial charge in [0.15, 0.2) is 0 Å². The minimum absolute atomic E-state index is 0. The van der Waals surface area contributed by atoms with Crippen LogP contribution in [0, 0.1) is 6.92 Å². The molecule has 7 heteroatoms. The predicted molar refractivity (Wildman–Crippen MR) is 137 cm³/mol. The number of carbonyl (C=O) groups excluding carboxylic acids is 1. The number of nitrogens with one attached hydrogen (secondary N) is 1. The summed E-state index contributed by atoms with van der Waals surface area (Å²) in [6.07, 6.45) is -0.532. The SMILES string of the molecule is Cc1c(C(=O)NC(c2ccccc2)C23CCC(CC2)N3Cc2ccccc2)cccc1C(F)(F)F.Cl. The first kappa shape index (κ1) is 26.2. The third-order valence-electron chi connectivity index (χ3n) is 7.86. The Labute approximate surface area is 216 Å². The lowest BCUT2D eigenvalue weighted by Gasteiger charge is -2.42. The van der Waals surface area contributed by atoms with Crippen molar-refractivity contribution in [1.29, 1.82) is 0 Å². The molecule has 0 aliphatic carbocycles. The van der Waals surface area contributed by atoms with Gasteiger partial charge in [-0.05, 0) is 61.4 Å². The van der Waals surface area contributed by atoms with E-state index in [0.29, 0.717) is 6.04 Å². The van der Waals surface area contributed by atoms with Gasteiger partial charge in [-0.2, -0.15) is 13.2 Å². The third-order valence-corrected chi connectivity index (χ3v) is 7.86. The molecule has 1 amide bonds. The first-order valence-electron chi connectivity index (χ1n) is 12.1. The maximum Gasteiger partial charge on any atom is 0.416 e. The lowest BCUT2D eigenvalue weighted by molar-refractivity contribution is -0.138. The van der Waals surface area contributed by atoms with Crippen LogP contribution in [-0.4, -0.2) is 22.4 Å². The normalized spacial score (nSPS) is 22.2. The van der Waals surface area contributed by atoms with Gasteiger partial charge in [0, 0.05) is 23.7 Å². The lowest BCUT2D eigenvalue weighted by atomic mass is 9.78. The van der Waals surface area contributed by atoms with Crippen LogP contribution in [0.4, 0.5) is 13.2 Å². The average molecular weight is 515 g/mol. The van der Waals surface area contributed by atoms with Crippen LogP contribution in [0.5, 0.6) is 0 Å². The van der Waals surface area contributed by atoms with Crippen molar-refractivity contribution in [3.63, 3.8) is 0 Å². The number of hydrogen-bond donors (Lipinski definition) is 1. The van der Waals surface area contributed by atoms with Gasteiger partial charge in [-0.25, -0.2) is 0 Å². The topological polar surface area (TPSA) is 32.3 Å². The van der Waals surface area contributed by atoms with E-state index in [1.165, 1.54) is 24.6 Å². The molecular weight excluding hydrogens is 485 g/mol. The maximum absolute atomic E-state index is 13.5. The highest BCUT2D eigenvalue weighted by Gasteiger charge is 2.56. The Morgan fingerprint density at radius 2 is 1.58 bits per heavy atom. The van der Waals surface area contributed by atoms with Crippen molar-refractivity contribution >= 4 is 18.3 Å². The van der Waals surface area contributed by atoms with Gasteiger partial charge in [-0.1, -0.05) is 66.7 Å². The molecule has 1 unspecified atom stereocenters. The van der Waals surface area contributed by atoms with Crippen molar-refractivity contribution in [3.05, 3.63) is 107 Å². The Balaban J connectivity index is 0.00000304. The molecule has 0 spiro atoms. The predicted octanol–water partition coefficient (Wildman–Crippen LogP) is 7.10. The molecule has 2 fully saturated rings. The summed E-state index contributed by atoms with van der Waals surface area (Å²) >= 11 is 0. The van der Waals surface area contributed by atoms with Crippen LogP contribution in [0.3, 0.4) is 0 Å². The number of rotatable bonds is 6. The zero-order valence-corrected chi connectivity index (χ0v) is 20.9. The van der Waals surface area contributed by atoms with Gasteiger partial charge in [0.25, 0.3) is 5.91 Å². The zero-order valence-electron chi connectivity index (χ0n) is 20.1. The molecule has 2 heterocycles. The molecule has 1 N–H and O–H groups in total. The molecule has 3 nitrogen and oxygen atoms in total. The Morgan fingerprint density at radius 1 is 0.972 bits per heavy atom. The Morgan fingerprint density at radius 3 is 2.19 bits per heavy atom. The highest BCUT2D eigenvalue weighted by Crippen LogP contribution is 2.53. The van der Waals surface area contributed by atoms with E-state index in [2.05, 4.69) is 22.3 Å². The molecule has 0 radical (unpaired) electrons. The van der Waals surface area contributed by atoms with Crippen molar-refractivity contribution in [1.82, 2.24) is 10.2 Å². The van der Waals surface area contributed by atoms with Crippen molar-refractivity contribution in [2.24, 2.45) is 0 Å². The smallest absolute Gasteiger partial charge is 0.343 e. The van der Waals surface area contributed by atoms with E-state index < -0.39 is 17.6 Å². The number of fused-ring (bicyclic) bond motifs is 2. The van der Waals surface area contributed by atoms with Crippen LogP contribution in [0.15, 0.2) is 78.9 Å². The van der Waals surface area contributed by atoms with Gasteiger partial charge in [0.1, 0.15) is 0 Å². The first-order chi connectivity index (χ1) is 16.8. The number of carbonyl (C=O) groups is 1. The van der Waals surface area contributed by atoms with Crippen LogP contribution in [0.25, 0.3) is 0 Å². The second-order valence-corrected chi connectivity index (χ2v) is 9.74. The molecule has 3 aromatic rings. The summed E-state index contributed by atoms with van der Waals surface area (Å²) in [7, 11) is 0. The van der Waals surface area contributed by atoms with E-state index in [-0.39, 0.29) is 35.1 Å². The minimum Gasteiger partial charge on any atom is -0.343 e. The summed E-state index contributed by atoms with van der Waals surface area (Å²) < 4.78 is 40.5. The van der Waals surface area contributed by atoms with Crippen LogP contribution < -0.4 is 5.32 Å². The van der Waals surface area contributed by atoms with Gasteiger partial charge in [0.05, 0.1) is 11.6 Å². The Hall–Kier alpha value is -2.83. The molecular formula is C29H30ClF3N2O. The van der Waals surface area contributed by atoms with Crippen LogP contribution in [-0.2, 0) is 12.7 Å². The van der Waals surface area contributed by atoms with Crippen molar-refractivity contribution < 1.29 is 18.0 Å². The van der Waals surface area contributed by atoms with Crippen LogP contribution in [0.1, 0.15) is 64.3 Å². The lowest BCUT2D eigenvalue weighted by Crippen LogP contribution is -2.52. The number of amides is 1. The monoisotopic (exact) mass is 514 g/mol. The quantitative estimate of drug-likeness (QED) is 0.380. The number of alkyl halides is 3. The number of hydrogen-bond acceptors (Lipinski definition) is 2. The van der Waals surface area contributed by atoms with E-state index in [9.17, 15) is 18.0 Å². The summed E-state index contributed by atoms with van der Waals surface area (Å²) in [5.41, 5.74) is 1.17. The first-order valence-corrected chi connectivity index (χ1v) is 12.1.